The van der Waals surface area contributed by atoms with Crippen LogP contribution in [0.5, 0.6) is 0 Å². The summed E-state index contributed by atoms with van der Waals surface area (Å²) in [6.45, 7) is 9.52. The van der Waals surface area contributed by atoms with Gasteiger partial charge in [-0.25, -0.2) is 16.8 Å². The Morgan fingerprint density at radius 3 is 1.74 bits per heavy atom. The van der Waals surface area contributed by atoms with E-state index in [-0.39, 0.29) is 59.0 Å². The van der Waals surface area contributed by atoms with Gasteiger partial charge < -0.3 is 15.5 Å². The summed E-state index contributed by atoms with van der Waals surface area (Å²) in [5.41, 5.74) is 3.46. The van der Waals surface area contributed by atoms with Crippen molar-refractivity contribution < 1.29 is 56.9 Å². The number of allylic oxidation sites excluding steroid dienone is 6. The summed E-state index contributed by atoms with van der Waals surface area (Å²) in [5.74, 6) is 0.220. The Bertz CT molecular complexity index is 2670. The van der Waals surface area contributed by atoms with Gasteiger partial charge >= 0.3 is 0 Å². The molecular weight excluding hydrogens is 957 g/mol. The summed E-state index contributed by atoms with van der Waals surface area (Å²) < 4.78 is 116. The van der Waals surface area contributed by atoms with E-state index in [1.54, 1.807) is 12.1 Å². The van der Waals surface area contributed by atoms with E-state index in [1.807, 2.05) is 58.1 Å². The molecule has 0 saturated carbocycles. The van der Waals surface area contributed by atoms with Gasteiger partial charge in [0.15, 0.2) is 23.5 Å². The second-order valence-corrected chi connectivity index (χ2v) is 28.9. The number of nitrogens with one attached hydrogen (secondary N) is 2. The topological polar surface area (TPSA) is 241 Å². The van der Waals surface area contributed by atoms with Crippen LogP contribution in [0.25, 0.3) is 0 Å². The highest BCUT2D eigenvalue weighted by Gasteiger charge is 2.45. The third-order valence-electron chi connectivity index (χ3n) is 11.1. The molecule has 2 amide bonds. The van der Waals surface area contributed by atoms with Crippen molar-refractivity contribution in [2.75, 3.05) is 55.1 Å². The molecule has 0 atom stereocenters. The van der Waals surface area contributed by atoms with Crippen molar-refractivity contribution >= 4 is 88.5 Å². The van der Waals surface area contributed by atoms with Crippen LogP contribution in [0.4, 0.5) is 11.4 Å². The molecule has 16 nitrogen and oxygen atoms in total. The van der Waals surface area contributed by atoms with Gasteiger partial charge in [0.1, 0.15) is 6.54 Å². The minimum Gasteiger partial charge on any atom is -0.355 e. The molecule has 360 valence electrons. The molecule has 4 rings (SSSR count). The second-order valence-electron chi connectivity index (χ2n) is 16.9. The quantitative estimate of drug-likeness (QED) is 0.0289. The maximum Gasteiger partial charge on any atom is 0.294 e. The van der Waals surface area contributed by atoms with Gasteiger partial charge in [-0.1, -0.05) is 38.5 Å². The molecule has 4 N–H and O–H groups in total. The number of rotatable bonds is 25. The van der Waals surface area contributed by atoms with Gasteiger partial charge in [-0.2, -0.15) is 21.4 Å². The number of amides is 2. The van der Waals surface area contributed by atoms with Crippen molar-refractivity contribution in [1.82, 2.24) is 10.6 Å². The van der Waals surface area contributed by atoms with Crippen molar-refractivity contribution in [3.05, 3.63) is 83.6 Å². The predicted molar refractivity (Wildman–Crippen MR) is 260 cm³/mol. The Labute approximate surface area is 392 Å². The zero-order valence-corrected chi connectivity index (χ0v) is 42.5. The molecule has 0 radical (unpaired) electrons. The van der Waals surface area contributed by atoms with Crippen LogP contribution >= 0.6 is 21.6 Å². The molecule has 2 aliphatic rings. The molecule has 0 aliphatic carbocycles. The number of hydrogen-bond donors (Lipinski definition) is 4. The van der Waals surface area contributed by atoms with Crippen LogP contribution in [-0.2, 0) is 58.4 Å². The Hall–Kier alpha value is -3.51. The van der Waals surface area contributed by atoms with Crippen molar-refractivity contribution in [1.29, 1.82) is 0 Å². The lowest BCUT2D eigenvalue weighted by atomic mass is 9.81. The van der Waals surface area contributed by atoms with E-state index < -0.39 is 48.8 Å². The Kier molecular flexibility index (Phi) is 18.7. The molecular formula is C43H61N4O12S6+. The SMILES string of the molecule is CC1(C)C(/C=C/C=C/C=C2\N(CCCCCC(=O)NCCSS(C)(=O)=O)c3ccc(S(=O)(=O)O)cc3C2(C)C)=[N+](CCCCCC(=O)NCCSS(C)(=O)=O)c2ccc(S(=O)(=O)O)cc21. The summed E-state index contributed by atoms with van der Waals surface area (Å²) in [6, 6.07) is 9.10. The number of benzene rings is 2. The number of nitrogens with zero attached hydrogens (tertiary/aromatic N) is 2. The summed E-state index contributed by atoms with van der Waals surface area (Å²) in [6.07, 6.45) is 16.4. The summed E-state index contributed by atoms with van der Waals surface area (Å²) in [5, 5.41) is 5.49. The number of unbranched alkanes of at least 4 members (excludes halogenated alkanes) is 4. The Morgan fingerprint density at radius 1 is 0.677 bits per heavy atom. The number of anilines is 1. The molecule has 0 unspecified atom stereocenters. The zero-order chi connectivity index (χ0) is 48.4. The van der Waals surface area contributed by atoms with E-state index in [4.69, 9.17) is 0 Å². The van der Waals surface area contributed by atoms with Crippen LogP contribution in [-0.4, -0.2) is 115 Å². The van der Waals surface area contributed by atoms with Crippen molar-refractivity contribution in [3.63, 3.8) is 0 Å². The third kappa shape index (κ3) is 15.8. The maximum atomic E-state index is 12.3. The average molecular weight is 1020 g/mol. The minimum atomic E-state index is -4.47. The highest BCUT2D eigenvalue weighted by molar-refractivity contribution is 8.72. The highest BCUT2D eigenvalue weighted by atomic mass is 33.1. The number of carbonyl (C=O) groups excluding carboxylic acids is 2. The summed E-state index contributed by atoms with van der Waals surface area (Å²) in [7, 11) is -13.7. The molecule has 0 aromatic heterocycles. The minimum absolute atomic E-state index is 0.156. The molecule has 2 aliphatic heterocycles. The molecule has 65 heavy (non-hydrogen) atoms. The first-order chi connectivity index (χ1) is 30.1. The third-order valence-corrected chi connectivity index (χ3v) is 17.9. The zero-order valence-electron chi connectivity index (χ0n) is 37.6. The number of carbonyl (C=O) groups is 2. The normalized spacial score (nSPS) is 16.7. The van der Waals surface area contributed by atoms with Crippen molar-refractivity contribution in [3.8, 4) is 0 Å². The molecule has 0 spiro atoms. The Balaban J connectivity index is 1.52. The number of hydrogen-bond acceptors (Lipinski definition) is 13. The molecule has 0 fully saturated rings. The molecule has 0 bridgehead atoms. The van der Waals surface area contributed by atoms with E-state index in [1.165, 1.54) is 24.3 Å². The predicted octanol–water partition coefficient (Wildman–Crippen LogP) is 6.09. The molecule has 2 heterocycles. The second kappa shape index (κ2) is 22.5. The Morgan fingerprint density at radius 2 is 1.20 bits per heavy atom. The average Bonchev–Trinajstić information content (AvgIpc) is 3.53. The summed E-state index contributed by atoms with van der Waals surface area (Å²) >= 11 is 0. The van der Waals surface area contributed by atoms with Crippen LogP contribution in [0, 0.1) is 0 Å². The first kappa shape index (κ1) is 54.1. The lowest BCUT2D eigenvalue weighted by Gasteiger charge is -2.27. The van der Waals surface area contributed by atoms with Crippen molar-refractivity contribution in [2.45, 2.75) is 99.7 Å². The van der Waals surface area contributed by atoms with Crippen molar-refractivity contribution in [2.24, 2.45) is 0 Å². The smallest absolute Gasteiger partial charge is 0.294 e. The van der Waals surface area contributed by atoms with Crippen LogP contribution in [0.15, 0.2) is 82.3 Å². The highest BCUT2D eigenvalue weighted by Crippen LogP contribution is 2.48. The number of fused-ring (bicyclic) bond motifs is 2. The molecule has 2 aromatic carbocycles. The lowest BCUT2D eigenvalue weighted by molar-refractivity contribution is -0.438. The van der Waals surface area contributed by atoms with E-state index >= 15 is 0 Å². The lowest BCUT2D eigenvalue weighted by Crippen LogP contribution is -2.28. The maximum absolute atomic E-state index is 12.3. The fourth-order valence-electron chi connectivity index (χ4n) is 7.88. The van der Waals surface area contributed by atoms with Gasteiger partial charge in [0.05, 0.1) is 15.2 Å². The summed E-state index contributed by atoms with van der Waals surface area (Å²) in [4.78, 5) is 26.4. The monoisotopic (exact) mass is 1020 g/mol. The van der Waals surface area contributed by atoms with Crippen LogP contribution in [0.1, 0.15) is 90.2 Å². The van der Waals surface area contributed by atoms with Crippen LogP contribution in [0.3, 0.4) is 0 Å². The van der Waals surface area contributed by atoms with E-state index in [2.05, 4.69) is 20.1 Å². The van der Waals surface area contributed by atoms with Gasteiger partial charge in [0.2, 0.25) is 17.5 Å². The van der Waals surface area contributed by atoms with Gasteiger partial charge in [-0.05, 0) is 103 Å². The molecule has 22 heteroatoms. The first-order valence-corrected chi connectivity index (χ1v) is 30.7. The van der Waals surface area contributed by atoms with Gasteiger partial charge in [-0.3, -0.25) is 18.7 Å². The molecule has 2 aromatic rings. The fourth-order valence-corrected chi connectivity index (χ4v) is 12.2. The van der Waals surface area contributed by atoms with Crippen LogP contribution in [0.2, 0.25) is 0 Å². The van der Waals surface area contributed by atoms with Gasteiger partial charge in [0.25, 0.3) is 20.2 Å². The van der Waals surface area contributed by atoms with E-state index in [9.17, 15) is 52.4 Å². The van der Waals surface area contributed by atoms with E-state index in [0.29, 0.717) is 38.8 Å². The van der Waals surface area contributed by atoms with Gasteiger partial charge in [-0.15, -0.1) is 0 Å². The first-order valence-electron chi connectivity index (χ1n) is 21.1. The fraction of sp³-hybridized carbons (Fsp3) is 0.512. The standard InChI is InChI=1S/C43H60N4O12S6/c1-42(2)34-30-32(64(54,55)56)20-22-36(34)46(26-14-8-12-18-40(48)44-24-28-60-62(5,50)51)38(42)16-10-7-11-17-39-43(3,4)35-31-33(65(57,58)59)21-23-37(35)47(39)27-15-9-13-19-41(49)45-25-29-61-63(6,52)53/h7,10-11,16-17,20-23,30-31H,8-9,12-15,18-19,24-29H2,1-6H3,(H3-,44,45,48,49,54,55,56,57,58,59)/p+1. The van der Waals surface area contributed by atoms with E-state index in [0.717, 1.165) is 80.9 Å². The molecule has 0 saturated heterocycles. The van der Waals surface area contributed by atoms with Gasteiger partial charge in [0, 0.05) is 97.4 Å². The van der Waals surface area contributed by atoms with Crippen LogP contribution < -0.4 is 15.5 Å². The largest absolute Gasteiger partial charge is 0.355 e.